The van der Waals surface area contributed by atoms with Gasteiger partial charge in [0.2, 0.25) is 5.91 Å². The molecule has 5 nitrogen and oxygen atoms in total. The van der Waals surface area contributed by atoms with Crippen LogP contribution in [0.1, 0.15) is 16.8 Å². The van der Waals surface area contributed by atoms with Crippen LogP contribution in [-0.2, 0) is 29.1 Å². The molecule has 1 aromatic carbocycles. The third-order valence-corrected chi connectivity index (χ3v) is 4.64. The van der Waals surface area contributed by atoms with Crippen molar-refractivity contribution in [2.75, 3.05) is 7.11 Å². The fourth-order valence-corrected chi connectivity index (χ4v) is 3.27. The Hall–Kier alpha value is -2.57. The number of pyridine rings is 1. The number of nitrogens with one attached hydrogen (secondary N) is 1. The van der Waals surface area contributed by atoms with Gasteiger partial charge in [-0.1, -0.05) is 24.3 Å². The summed E-state index contributed by atoms with van der Waals surface area (Å²) in [7, 11) is 1.66. The molecule has 0 radical (unpaired) electrons. The molecular formula is C19H19N3O2S. The summed E-state index contributed by atoms with van der Waals surface area (Å²) in [6.45, 7) is 1.02. The van der Waals surface area contributed by atoms with Crippen molar-refractivity contribution in [1.29, 1.82) is 0 Å². The minimum Gasteiger partial charge on any atom is -0.380 e. The topological polar surface area (TPSA) is 64.1 Å². The highest BCUT2D eigenvalue weighted by Gasteiger charge is 2.10. The van der Waals surface area contributed by atoms with Crippen molar-refractivity contribution in [2.24, 2.45) is 0 Å². The molecule has 0 aliphatic carbocycles. The van der Waals surface area contributed by atoms with Gasteiger partial charge in [-0.05, 0) is 23.3 Å². The van der Waals surface area contributed by atoms with Crippen LogP contribution in [0.2, 0.25) is 0 Å². The lowest BCUT2D eigenvalue weighted by atomic mass is 10.1. The number of aromatic nitrogens is 2. The number of thiazole rings is 1. The predicted octanol–water partition coefficient (Wildman–Crippen LogP) is 3.21. The van der Waals surface area contributed by atoms with Crippen LogP contribution in [0.4, 0.5) is 0 Å². The van der Waals surface area contributed by atoms with Gasteiger partial charge in [0.25, 0.3) is 0 Å². The van der Waals surface area contributed by atoms with Crippen LogP contribution in [0.25, 0.3) is 10.6 Å². The van der Waals surface area contributed by atoms with Gasteiger partial charge in [-0.2, -0.15) is 0 Å². The molecular weight excluding hydrogens is 334 g/mol. The van der Waals surface area contributed by atoms with Crippen molar-refractivity contribution < 1.29 is 9.53 Å². The van der Waals surface area contributed by atoms with Crippen molar-refractivity contribution in [3.05, 3.63) is 71.0 Å². The maximum atomic E-state index is 12.2. The Labute approximate surface area is 150 Å². The van der Waals surface area contributed by atoms with Crippen LogP contribution in [0, 0.1) is 0 Å². The first-order valence-corrected chi connectivity index (χ1v) is 8.81. The minimum atomic E-state index is -0.0461. The highest BCUT2D eigenvalue weighted by molar-refractivity contribution is 7.13. The zero-order valence-corrected chi connectivity index (χ0v) is 14.8. The standard InChI is InChI=1S/C19H19N3O2S/c1-24-12-16-6-3-2-5-14(16)11-21-18(23)9-17-13-25-19(22-17)15-7-4-8-20-10-15/h2-8,10,13H,9,11-12H2,1H3,(H,21,23). The Morgan fingerprint density at radius 3 is 2.80 bits per heavy atom. The third-order valence-electron chi connectivity index (χ3n) is 3.70. The molecule has 2 aromatic heterocycles. The van der Waals surface area contributed by atoms with Crippen molar-refractivity contribution in [3.63, 3.8) is 0 Å². The summed E-state index contributed by atoms with van der Waals surface area (Å²) in [5, 5.41) is 5.75. The molecule has 1 N–H and O–H groups in total. The van der Waals surface area contributed by atoms with Gasteiger partial charge in [0.15, 0.2) is 0 Å². The summed E-state index contributed by atoms with van der Waals surface area (Å²) in [5.41, 5.74) is 3.88. The number of benzene rings is 1. The summed E-state index contributed by atoms with van der Waals surface area (Å²) >= 11 is 1.52. The third kappa shape index (κ3) is 4.71. The Morgan fingerprint density at radius 1 is 1.20 bits per heavy atom. The van der Waals surface area contributed by atoms with Crippen LogP contribution in [0.15, 0.2) is 54.2 Å². The SMILES string of the molecule is COCc1ccccc1CNC(=O)Cc1csc(-c2cccnc2)n1. The summed E-state index contributed by atoms with van der Waals surface area (Å²) in [6.07, 6.45) is 3.77. The van der Waals surface area contributed by atoms with E-state index in [1.807, 2.05) is 41.8 Å². The fourth-order valence-electron chi connectivity index (χ4n) is 2.46. The van der Waals surface area contributed by atoms with Gasteiger partial charge in [0.1, 0.15) is 5.01 Å². The van der Waals surface area contributed by atoms with E-state index < -0.39 is 0 Å². The van der Waals surface area contributed by atoms with Gasteiger partial charge in [0.05, 0.1) is 18.7 Å². The lowest BCUT2D eigenvalue weighted by Crippen LogP contribution is -2.25. The zero-order valence-electron chi connectivity index (χ0n) is 13.9. The molecule has 3 rings (SSSR count). The first-order chi connectivity index (χ1) is 12.3. The fraction of sp³-hybridized carbons (Fsp3) is 0.211. The summed E-state index contributed by atoms with van der Waals surface area (Å²) in [6, 6.07) is 11.8. The number of ether oxygens (including phenoxy) is 1. The molecule has 2 heterocycles. The van der Waals surface area contributed by atoms with Crippen molar-refractivity contribution in [3.8, 4) is 10.6 Å². The molecule has 0 saturated carbocycles. The van der Waals surface area contributed by atoms with Crippen molar-refractivity contribution in [2.45, 2.75) is 19.6 Å². The van der Waals surface area contributed by atoms with E-state index in [0.29, 0.717) is 13.2 Å². The second-order valence-corrected chi connectivity index (χ2v) is 6.40. The molecule has 3 aromatic rings. The van der Waals surface area contributed by atoms with E-state index in [1.165, 1.54) is 11.3 Å². The predicted molar refractivity (Wildman–Crippen MR) is 98.1 cm³/mol. The number of methoxy groups -OCH3 is 1. The number of carbonyl (C=O) groups is 1. The quantitative estimate of drug-likeness (QED) is 0.708. The zero-order chi connectivity index (χ0) is 17.5. The monoisotopic (exact) mass is 353 g/mol. The molecule has 0 saturated heterocycles. The molecule has 0 spiro atoms. The number of rotatable bonds is 7. The van der Waals surface area contributed by atoms with Gasteiger partial charge in [-0.25, -0.2) is 4.98 Å². The van der Waals surface area contributed by atoms with Crippen LogP contribution in [0.3, 0.4) is 0 Å². The van der Waals surface area contributed by atoms with Gasteiger partial charge < -0.3 is 10.1 Å². The minimum absolute atomic E-state index is 0.0461. The number of hydrogen-bond donors (Lipinski definition) is 1. The second kappa shape index (κ2) is 8.50. The van der Waals surface area contributed by atoms with E-state index in [1.54, 1.807) is 19.5 Å². The van der Waals surface area contributed by atoms with Gasteiger partial charge in [0, 0.05) is 37.0 Å². The first kappa shape index (κ1) is 17.3. The molecule has 0 atom stereocenters. The molecule has 1 amide bonds. The summed E-state index contributed by atoms with van der Waals surface area (Å²) in [4.78, 5) is 20.8. The summed E-state index contributed by atoms with van der Waals surface area (Å²) in [5.74, 6) is -0.0461. The van der Waals surface area contributed by atoms with Gasteiger partial charge in [-0.3, -0.25) is 9.78 Å². The average Bonchev–Trinajstić information content (AvgIpc) is 3.10. The number of hydrogen-bond acceptors (Lipinski definition) is 5. The van der Waals surface area contributed by atoms with E-state index >= 15 is 0 Å². The lowest BCUT2D eigenvalue weighted by molar-refractivity contribution is -0.120. The van der Waals surface area contributed by atoms with Crippen molar-refractivity contribution in [1.82, 2.24) is 15.3 Å². The van der Waals surface area contributed by atoms with Crippen LogP contribution in [0.5, 0.6) is 0 Å². The average molecular weight is 353 g/mol. The number of carbonyl (C=O) groups excluding carboxylic acids is 1. The van der Waals surface area contributed by atoms with Crippen LogP contribution in [-0.4, -0.2) is 23.0 Å². The Morgan fingerprint density at radius 2 is 2.04 bits per heavy atom. The van der Waals surface area contributed by atoms with Gasteiger partial charge in [-0.15, -0.1) is 11.3 Å². The molecule has 0 bridgehead atoms. The van der Waals surface area contributed by atoms with E-state index in [-0.39, 0.29) is 12.3 Å². The maximum Gasteiger partial charge on any atom is 0.226 e. The van der Waals surface area contributed by atoms with Gasteiger partial charge >= 0.3 is 0 Å². The first-order valence-electron chi connectivity index (χ1n) is 7.93. The molecule has 25 heavy (non-hydrogen) atoms. The van der Waals surface area contributed by atoms with E-state index in [2.05, 4.69) is 15.3 Å². The molecule has 0 aliphatic rings. The molecule has 6 heteroatoms. The smallest absolute Gasteiger partial charge is 0.226 e. The second-order valence-electron chi connectivity index (χ2n) is 5.54. The molecule has 0 fully saturated rings. The Balaban J connectivity index is 1.58. The maximum absolute atomic E-state index is 12.2. The van der Waals surface area contributed by atoms with Crippen LogP contribution < -0.4 is 5.32 Å². The van der Waals surface area contributed by atoms with E-state index in [0.717, 1.165) is 27.4 Å². The lowest BCUT2D eigenvalue weighted by Gasteiger charge is -2.09. The highest BCUT2D eigenvalue weighted by Crippen LogP contribution is 2.22. The van der Waals surface area contributed by atoms with Crippen molar-refractivity contribution >= 4 is 17.2 Å². The van der Waals surface area contributed by atoms with E-state index in [4.69, 9.17) is 4.74 Å². The normalized spacial score (nSPS) is 10.6. The molecule has 0 unspecified atom stereocenters. The molecule has 0 aliphatic heterocycles. The Kier molecular flexibility index (Phi) is 5.87. The van der Waals surface area contributed by atoms with Crippen LogP contribution >= 0.6 is 11.3 Å². The number of nitrogens with zero attached hydrogens (tertiary/aromatic N) is 2. The Bertz CT molecular complexity index is 833. The largest absolute Gasteiger partial charge is 0.380 e. The summed E-state index contributed by atoms with van der Waals surface area (Å²) < 4.78 is 5.19. The number of amides is 1. The highest BCUT2D eigenvalue weighted by atomic mass is 32.1. The van der Waals surface area contributed by atoms with E-state index in [9.17, 15) is 4.79 Å². The molecule has 128 valence electrons.